The first-order valence-electron chi connectivity index (χ1n) is 5.04. The summed E-state index contributed by atoms with van der Waals surface area (Å²) >= 11 is 1.64. The first kappa shape index (κ1) is 8.24. The van der Waals surface area contributed by atoms with Crippen molar-refractivity contribution in [1.82, 2.24) is 14.6 Å². The van der Waals surface area contributed by atoms with Crippen LogP contribution in [0.25, 0.3) is 32.0 Å². The Morgan fingerprint density at radius 1 is 0.875 bits per heavy atom. The zero-order valence-corrected chi connectivity index (χ0v) is 9.08. The Kier molecular flexibility index (Phi) is 1.44. The fourth-order valence-corrected chi connectivity index (χ4v) is 2.97. The van der Waals surface area contributed by atoms with Gasteiger partial charge in [0, 0.05) is 10.8 Å². The van der Waals surface area contributed by atoms with Gasteiger partial charge >= 0.3 is 0 Å². The standard InChI is InChI=1S/C12H7N3S/c1-3-7-11-9(5-1)15-16-10-6-2-4-8(12(10)11)14-13-7/h1-6,15H. The molecular formula is C12H7N3S. The van der Waals surface area contributed by atoms with Gasteiger partial charge < -0.3 is 4.37 Å². The zero-order valence-electron chi connectivity index (χ0n) is 8.27. The van der Waals surface area contributed by atoms with E-state index in [9.17, 15) is 0 Å². The predicted molar refractivity (Wildman–Crippen MR) is 66.8 cm³/mol. The maximum atomic E-state index is 4.25. The third kappa shape index (κ3) is 0.919. The van der Waals surface area contributed by atoms with Crippen LogP contribution in [0.3, 0.4) is 0 Å². The lowest BCUT2D eigenvalue weighted by Gasteiger charge is -2.07. The van der Waals surface area contributed by atoms with Gasteiger partial charge in [0.05, 0.1) is 21.3 Å². The molecule has 0 bridgehead atoms. The van der Waals surface area contributed by atoms with Crippen molar-refractivity contribution in [3.05, 3.63) is 36.4 Å². The Bertz CT molecular complexity index is 683. The first-order chi connectivity index (χ1) is 7.93. The number of aromatic amines is 1. The molecule has 16 heavy (non-hydrogen) atoms. The molecule has 0 atom stereocenters. The molecule has 2 aromatic heterocycles. The van der Waals surface area contributed by atoms with Gasteiger partial charge in [0.25, 0.3) is 0 Å². The Morgan fingerprint density at radius 2 is 1.62 bits per heavy atom. The van der Waals surface area contributed by atoms with E-state index < -0.39 is 0 Å². The summed E-state index contributed by atoms with van der Waals surface area (Å²) in [4.78, 5) is 0. The SMILES string of the molecule is c1cc2nnc3cccc4s[nH]c(c1)c2c34. The Morgan fingerprint density at radius 3 is 2.50 bits per heavy atom. The summed E-state index contributed by atoms with van der Waals surface area (Å²) in [7, 11) is 0. The van der Waals surface area contributed by atoms with Crippen molar-refractivity contribution in [2.45, 2.75) is 0 Å². The van der Waals surface area contributed by atoms with E-state index in [-0.39, 0.29) is 0 Å². The van der Waals surface area contributed by atoms with E-state index in [1.807, 2.05) is 24.3 Å². The highest BCUT2D eigenvalue weighted by atomic mass is 32.1. The molecule has 4 rings (SSSR count). The van der Waals surface area contributed by atoms with Crippen LogP contribution < -0.4 is 0 Å². The van der Waals surface area contributed by atoms with Crippen molar-refractivity contribution < 1.29 is 0 Å². The van der Waals surface area contributed by atoms with Crippen molar-refractivity contribution in [3.8, 4) is 0 Å². The second-order valence-corrected chi connectivity index (χ2v) is 4.60. The molecule has 0 aliphatic heterocycles. The van der Waals surface area contributed by atoms with Crippen LogP contribution in [0.2, 0.25) is 0 Å². The summed E-state index contributed by atoms with van der Waals surface area (Å²) in [6, 6.07) is 12.2. The zero-order chi connectivity index (χ0) is 10.5. The molecule has 3 nitrogen and oxygen atoms in total. The van der Waals surface area contributed by atoms with Gasteiger partial charge in [-0.2, -0.15) is 0 Å². The van der Waals surface area contributed by atoms with Crippen molar-refractivity contribution in [2.24, 2.45) is 0 Å². The summed E-state index contributed by atoms with van der Waals surface area (Å²) in [5.41, 5.74) is 3.04. The molecule has 0 fully saturated rings. The van der Waals surface area contributed by atoms with Crippen molar-refractivity contribution in [3.63, 3.8) is 0 Å². The highest BCUT2D eigenvalue weighted by Gasteiger charge is 2.09. The minimum Gasteiger partial charge on any atom is -0.310 e. The lowest BCUT2D eigenvalue weighted by atomic mass is 10.1. The number of nitrogens with one attached hydrogen (secondary N) is 1. The molecule has 4 aromatic rings. The number of hydrogen-bond acceptors (Lipinski definition) is 3. The van der Waals surface area contributed by atoms with Gasteiger partial charge in [-0.05, 0) is 24.3 Å². The molecule has 0 unspecified atom stereocenters. The van der Waals surface area contributed by atoms with Crippen LogP contribution >= 0.6 is 11.5 Å². The van der Waals surface area contributed by atoms with E-state index in [1.165, 1.54) is 15.5 Å². The van der Waals surface area contributed by atoms with Crippen molar-refractivity contribution in [2.75, 3.05) is 0 Å². The quantitative estimate of drug-likeness (QED) is 0.466. The average molecular weight is 225 g/mol. The van der Waals surface area contributed by atoms with Gasteiger partial charge in [-0.25, -0.2) is 0 Å². The summed E-state index contributed by atoms with van der Waals surface area (Å²) in [5, 5.41) is 10.9. The van der Waals surface area contributed by atoms with Crippen LogP contribution in [0, 0.1) is 0 Å². The summed E-state index contributed by atoms with van der Waals surface area (Å²) in [5.74, 6) is 0. The first-order valence-corrected chi connectivity index (χ1v) is 5.86. The Balaban J connectivity index is 2.51. The third-order valence-corrected chi connectivity index (χ3v) is 3.72. The molecule has 1 N–H and O–H groups in total. The van der Waals surface area contributed by atoms with Crippen LogP contribution in [0.1, 0.15) is 0 Å². The smallest absolute Gasteiger partial charge is 0.0957 e. The van der Waals surface area contributed by atoms with Crippen molar-refractivity contribution in [1.29, 1.82) is 0 Å². The molecule has 0 saturated carbocycles. The summed E-state index contributed by atoms with van der Waals surface area (Å²) in [6.45, 7) is 0. The molecule has 2 heterocycles. The van der Waals surface area contributed by atoms with Gasteiger partial charge in [-0.15, -0.1) is 10.2 Å². The largest absolute Gasteiger partial charge is 0.310 e. The fraction of sp³-hybridized carbons (Fsp3) is 0. The molecule has 0 amide bonds. The van der Waals surface area contributed by atoms with Crippen molar-refractivity contribution >= 4 is 43.6 Å². The normalized spacial score (nSPS) is 11.8. The molecule has 0 spiro atoms. The molecule has 0 aliphatic rings. The lowest BCUT2D eigenvalue weighted by Crippen LogP contribution is -1.90. The van der Waals surface area contributed by atoms with Crippen LogP contribution in [0.5, 0.6) is 0 Å². The molecule has 0 radical (unpaired) electrons. The van der Waals surface area contributed by atoms with E-state index in [2.05, 4.69) is 26.7 Å². The average Bonchev–Trinajstić information content (AvgIpc) is 2.36. The number of hydrogen-bond donors (Lipinski definition) is 1. The fourth-order valence-electron chi connectivity index (χ4n) is 2.13. The molecule has 2 aromatic carbocycles. The molecule has 0 saturated heterocycles. The predicted octanol–water partition coefficient (Wildman–Crippen LogP) is 3.33. The minimum absolute atomic E-state index is 0.949. The molecule has 76 valence electrons. The highest BCUT2D eigenvalue weighted by Crippen LogP contribution is 2.32. The van der Waals surface area contributed by atoms with Gasteiger partial charge in [-0.3, -0.25) is 0 Å². The van der Waals surface area contributed by atoms with E-state index in [4.69, 9.17) is 0 Å². The highest BCUT2D eigenvalue weighted by molar-refractivity contribution is 7.13. The Labute approximate surface area is 94.9 Å². The number of H-pyrrole nitrogens is 1. The van der Waals surface area contributed by atoms with E-state index >= 15 is 0 Å². The minimum atomic E-state index is 0.949. The van der Waals surface area contributed by atoms with Gasteiger partial charge in [0.15, 0.2) is 0 Å². The summed E-state index contributed by atoms with van der Waals surface area (Å²) < 4.78 is 4.55. The molecular weight excluding hydrogens is 218 g/mol. The second kappa shape index (κ2) is 2.80. The topological polar surface area (TPSA) is 41.6 Å². The number of nitrogens with zero attached hydrogens (tertiary/aromatic N) is 2. The maximum absolute atomic E-state index is 4.25. The molecule has 4 heteroatoms. The number of benzene rings is 2. The lowest BCUT2D eigenvalue weighted by molar-refractivity contribution is 1.12. The van der Waals surface area contributed by atoms with E-state index in [0.29, 0.717) is 0 Å². The van der Waals surface area contributed by atoms with Gasteiger partial charge in [0.2, 0.25) is 0 Å². The number of aromatic nitrogens is 3. The van der Waals surface area contributed by atoms with Crippen LogP contribution in [0.15, 0.2) is 36.4 Å². The third-order valence-electron chi connectivity index (χ3n) is 2.83. The maximum Gasteiger partial charge on any atom is 0.0957 e. The van der Waals surface area contributed by atoms with E-state index in [0.717, 1.165) is 16.6 Å². The van der Waals surface area contributed by atoms with Gasteiger partial charge in [-0.1, -0.05) is 23.7 Å². The molecule has 0 aliphatic carbocycles. The van der Waals surface area contributed by atoms with E-state index in [1.54, 1.807) is 11.5 Å². The Hall–Kier alpha value is -1.94. The summed E-state index contributed by atoms with van der Waals surface area (Å²) in [6.07, 6.45) is 0. The number of rotatable bonds is 0. The monoisotopic (exact) mass is 225 g/mol. The second-order valence-electron chi connectivity index (χ2n) is 3.75. The van der Waals surface area contributed by atoms with Crippen LogP contribution in [0.4, 0.5) is 0 Å². The van der Waals surface area contributed by atoms with Crippen LogP contribution in [-0.4, -0.2) is 14.6 Å². The van der Waals surface area contributed by atoms with Gasteiger partial charge in [0.1, 0.15) is 0 Å². The van der Waals surface area contributed by atoms with Crippen LogP contribution in [-0.2, 0) is 0 Å².